The van der Waals surface area contributed by atoms with Gasteiger partial charge in [-0.2, -0.15) is 0 Å². The molecule has 1 unspecified atom stereocenters. The lowest BCUT2D eigenvalue weighted by Gasteiger charge is -2.21. The maximum atomic E-state index is 13.6. The molecule has 3 aromatic rings. The molecule has 0 saturated carbocycles. The van der Waals surface area contributed by atoms with Crippen molar-refractivity contribution in [3.05, 3.63) is 62.6 Å². The van der Waals surface area contributed by atoms with E-state index in [1.165, 1.54) is 0 Å². The molecular weight excluding hydrogens is 473 g/mol. The number of nitrogens with zero attached hydrogens (tertiary/aromatic N) is 4. The van der Waals surface area contributed by atoms with Crippen LogP contribution < -0.4 is 20.5 Å². The Labute approximate surface area is 209 Å². The van der Waals surface area contributed by atoms with Crippen LogP contribution in [0.3, 0.4) is 0 Å². The van der Waals surface area contributed by atoms with Gasteiger partial charge in [0.2, 0.25) is 0 Å². The van der Waals surface area contributed by atoms with Gasteiger partial charge in [-0.05, 0) is 51.0 Å². The summed E-state index contributed by atoms with van der Waals surface area (Å²) in [6, 6.07) is 9.16. The molecule has 0 radical (unpaired) electrons. The molecule has 1 N–H and O–H groups in total. The van der Waals surface area contributed by atoms with Crippen LogP contribution >= 0.6 is 23.2 Å². The third-order valence-corrected chi connectivity index (χ3v) is 6.50. The molecule has 2 aromatic heterocycles. The standard InChI is InChI=1S/C25H29Cl2N5O2/c1-4-21-23(25(33)32(5-2)24(30-21)19-8-7-16(26)13-20(19)27)29-17-10-12-31(15-17)22-14-18(34-6-3)9-11-28-22/h7-9,11,13-14,17,29H,4-6,10,12,15H2,1-3H3. The average molecular weight is 502 g/mol. The van der Waals surface area contributed by atoms with E-state index in [2.05, 4.69) is 15.2 Å². The van der Waals surface area contributed by atoms with E-state index < -0.39 is 0 Å². The van der Waals surface area contributed by atoms with E-state index in [0.29, 0.717) is 46.7 Å². The highest BCUT2D eigenvalue weighted by Gasteiger charge is 2.26. The van der Waals surface area contributed by atoms with Crippen LogP contribution in [0.2, 0.25) is 10.0 Å². The number of rotatable bonds is 8. The van der Waals surface area contributed by atoms with Crippen molar-refractivity contribution < 1.29 is 4.74 Å². The molecule has 1 aliphatic rings. The molecule has 34 heavy (non-hydrogen) atoms. The predicted octanol–water partition coefficient (Wildman–Crippen LogP) is 5.28. The van der Waals surface area contributed by atoms with Gasteiger partial charge in [-0.3, -0.25) is 9.36 Å². The number of hydrogen-bond donors (Lipinski definition) is 1. The molecule has 1 saturated heterocycles. The van der Waals surface area contributed by atoms with E-state index in [9.17, 15) is 4.79 Å². The first-order chi connectivity index (χ1) is 16.4. The van der Waals surface area contributed by atoms with Gasteiger partial charge in [0.05, 0.1) is 17.3 Å². The van der Waals surface area contributed by atoms with Crippen molar-refractivity contribution in [3.8, 4) is 17.1 Å². The Hall–Kier alpha value is -2.77. The summed E-state index contributed by atoms with van der Waals surface area (Å²) in [5.74, 6) is 2.24. The first-order valence-electron chi connectivity index (χ1n) is 11.6. The normalized spacial score (nSPS) is 15.6. The molecule has 3 heterocycles. The second-order valence-corrected chi connectivity index (χ2v) is 8.99. The summed E-state index contributed by atoms with van der Waals surface area (Å²) < 4.78 is 7.27. The number of benzene rings is 1. The van der Waals surface area contributed by atoms with E-state index in [0.717, 1.165) is 36.8 Å². The van der Waals surface area contributed by atoms with Crippen LogP contribution in [0.1, 0.15) is 32.9 Å². The average Bonchev–Trinajstić information content (AvgIpc) is 3.29. The number of pyridine rings is 1. The highest BCUT2D eigenvalue weighted by Crippen LogP contribution is 2.30. The maximum Gasteiger partial charge on any atom is 0.277 e. The van der Waals surface area contributed by atoms with E-state index in [1.807, 2.05) is 39.0 Å². The second kappa shape index (κ2) is 10.7. The summed E-state index contributed by atoms with van der Waals surface area (Å²) in [6.45, 7) is 8.56. The van der Waals surface area contributed by atoms with Gasteiger partial charge in [0.1, 0.15) is 23.1 Å². The molecule has 4 rings (SSSR count). The number of ether oxygens (including phenoxy) is 1. The van der Waals surface area contributed by atoms with Gasteiger partial charge >= 0.3 is 0 Å². The van der Waals surface area contributed by atoms with Gasteiger partial charge in [0.15, 0.2) is 0 Å². The minimum atomic E-state index is -0.0923. The number of nitrogens with one attached hydrogen (secondary N) is 1. The number of aryl methyl sites for hydroxylation is 1. The largest absolute Gasteiger partial charge is 0.494 e. The van der Waals surface area contributed by atoms with Crippen LogP contribution in [0.5, 0.6) is 5.75 Å². The van der Waals surface area contributed by atoms with Crippen LogP contribution in [0, 0.1) is 0 Å². The van der Waals surface area contributed by atoms with Crippen molar-refractivity contribution >= 4 is 34.7 Å². The van der Waals surface area contributed by atoms with Crippen LogP contribution in [-0.4, -0.2) is 40.3 Å². The van der Waals surface area contributed by atoms with E-state index in [1.54, 1.807) is 22.9 Å². The number of anilines is 2. The Morgan fingerprint density at radius 2 is 2.00 bits per heavy atom. The molecule has 9 heteroatoms. The summed E-state index contributed by atoms with van der Waals surface area (Å²) in [4.78, 5) is 25.1. The first-order valence-corrected chi connectivity index (χ1v) is 12.4. The van der Waals surface area contributed by atoms with Crippen molar-refractivity contribution in [1.82, 2.24) is 14.5 Å². The summed E-state index contributed by atoms with van der Waals surface area (Å²) in [5, 5.41) is 4.51. The van der Waals surface area contributed by atoms with E-state index in [4.69, 9.17) is 32.9 Å². The minimum Gasteiger partial charge on any atom is -0.494 e. The zero-order chi connectivity index (χ0) is 24.2. The van der Waals surface area contributed by atoms with E-state index in [-0.39, 0.29) is 11.6 Å². The smallest absolute Gasteiger partial charge is 0.277 e. The Morgan fingerprint density at radius 1 is 1.18 bits per heavy atom. The quantitative estimate of drug-likeness (QED) is 0.452. The van der Waals surface area contributed by atoms with Gasteiger partial charge in [0.25, 0.3) is 5.56 Å². The molecule has 1 aliphatic heterocycles. The third kappa shape index (κ3) is 5.00. The van der Waals surface area contributed by atoms with Crippen LogP contribution in [0.15, 0.2) is 41.3 Å². The monoisotopic (exact) mass is 501 g/mol. The van der Waals surface area contributed by atoms with Crippen LogP contribution in [-0.2, 0) is 13.0 Å². The fourth-order valence-electron chi connectivity index (χ4n) is 4.29. The number of halogens is 2. The Kier molecular flexibility index (Phi) is 7.63. The van der Waals surface area contributed by atoms with Crippen molar-refractivity contribution in [3.63, 3.8) is 0 Å². The van der Waals surface area contributed by atoms with Gasteiger partial charge in [-0.1, -0.05) is 30.1 Å². The summed E-state index contributed by atoms with van der Waals surface area (Å²) in [7, 11) is 0. The summed E-state index contributed by atoms with van der Waals surface area (Å²) in [5.41, 5.74) is 1.88. The SMILES string of the molecule is CCOc1ccnc(N2CCC(Nc3c(CC)nc(-c4ccc(Cl)cc4Cl)n(CC)c3=O)C2)c1. The number of aromatic nitrogens is 3. The molecule has 1 atom stereocenters. The Balaban J connectivity index is 1.61. The fourth-order valence-corrected chi connectivity index (χ4v) is 4.78. The lowest BCUT2D eigenvalue weighted by molar-refractivity contribution is 0.340. The highest BCUT2D eigenvalue weighted by atomic mass is 35.5. The molecule has 1 aromatic carbocycles. The summed E-state index contributed by atoms with van der Waals surface area (Å²) in [6.07, 6.45) is 3.27. The fraction of sp³-hybridized carbons (Fsp3) is 0.400. The van der Waals surface area contributed by atoms with Gasteiger partial charge in [-0.25, -0.2) is 9.97 Å². The predicted molar refractivity (Wildman–Crippen MR) is 139 cm³/mol. The Bertz CT molecular complexity index is 1230. The molecule has 0 bridgehead atoms. The molecule has 1 fully saturated rings. The van der Waals surface area contributed by atoms with Gasteiger partial charge < -0.3 is 15.0 Å². The molecule has 7 nitrogen and oxygen atoms in total. The zero-order valence-electron chi connectivity index (χ0n) is 19.6. The molecule has 180 valence electrons. The second-order valence-electron chi connectivity index (χ2n) is 8.14. The van der Waals surface area contributed by atoms with Crippen molar-refractivity contribution in [2.75, 3.05) is 29.9 Å². The van der Waals surface area contributed by atoms with Crippen molar-refractivity contribution in [1.29, 1.82) is 0 Å². The van der Waals surface area contributed by atoms with Crippen LogP contribution in [0.4, 0.5) is 11.5 Å². The van der Waals surface area contributed by atoms with Crippen molar-refractivity contribution in [2.24, 2.45) is 0 Å². The lowest BCUT2D eigenvalue weighted by Crippen LogP contribution is -2.33. The third-order valence-electron chi connectivity index (χ3n) is 5.96. The summed E-state index contributed by atoms with van der Waals surface area (Å²) >= 11 is 12.5. The topological polar surface area (TPSA) is 72.3 Å². The molecule has 0 spiro atoms. The Morgan fingerprint density at radius 3 is 2.71 bits per heavy atom. The molecular formula is C25H29Cl2N5O2. The molecule has 0 amide bonds. The maximum absolute atomic E-state index is 13.6. The minimum absolute atomic E-state index is 0.0923. The van der Waals surface area contributed by atoms with Crippen molar-refractivity contribution in [2.45, 2.75) is 46.2 Å². The van der Waals surface area contributed by atoms with Crippen LogP contribution in [0.25, 0.3) is 11.4 Å². The number of hydrogen-bond acceptors (Lipinski definition) is 6. The highest BCUT2D eigenvalue weighted by molar-refractivity contribution is 6.36. The zero-order valence-corrected chi connectivity index (χ0v) is 21.2. The first kappa shape index (κ1) is 24.4. The van der Waals surface area contributed by atoms with Gasteiger partial charge in [-0.15, -0.1) is 0 Å². The van der Waals surface area contributed by atoms with E-state index >= 15 is 0 Å². The van der Waals surface area contributed by atoms with Gasteiger partial charge in [0, 0.05) is 48.5 Å². The lowest BCUT2D eigenvalue weighted by atomic mass is 10.1. The molecule has 0 aliphatic carbocycles.